The quantitative estimate of drug-likeness (QED) is 0.742. The van der Waals surface area contributed by atoms with Crippen molar-refractivity contribution in [3.63, 3.8) is 0 Å². The first kappa shape index (κ1) is 14.0. The lowest BCUT2D eigenvalue weighted by molar-refractivity contribution is 0.0527. The van der Waals surface area contributed by atoms with E-state index in [1.807, 2.05) is 30.3 Å². The van der Waals surface area contributed by atoms with Gasteiger partial charge in [0.1, 0.15) is 5.56 Å². The normalized spacial score (nSPS) is 10.6. The van der Waals surface area contributed by atoms with Gasteiger partial charge in [-0.1, -0.05) is 30.3 Å². The minimum absolute atomic E-state index is 0.288. The molecule has 0 radical (unpaired) electrons. The van der Waals surface area contributed by atoms with Crippen LogP contribution in [-0.4, -0.2) is 39.2 Å². The van der Waals surface area contributed by atoms with Gasteiger partial charge in [-0.3, -0.25) is 0 Å². The number of benzene rings is 1. The summed E-state index contributed by atoms with van der Waals surface area (Å²) >= 11 is 0. The predicted octanol–water partition coefficient (Wildman–Crippen LogP) is 2.01. The van der Waals surface area contributed by atoms with E-state index in [0.29, 0.717) is 24.0 Å². The van der Waals surface area contributed by atoms with Gasteiger partial charge in [-0.05, 0) is 6.92 Å². The zero-order valence-electron chi connectivity index (χ0n) is 12.3. The number of rotatable bonds is 4. The van der Waals surface area contributed by atoms with Crippen LogP contribution in [0, 0.1) is 0 Å². The Morgan fingerprint density at radius 1 is 1.32 bits per heavy atom. The summed E-state index contributed by atoms with van der Waals surface area (Å²) in [7, 11) is 1.73. The molecule has 3 rings (SSSR count). The Kier molecular flexibility index (Phi) is 3.69. The lowest BCUT2D eigenvalue weighted by Gasteiger charge is -2.05. The molecular weight excluding hydrogens is 282 g/mol. The van der Waals surface area contributed by atoms with Crippen molar-refractivity contribution in [3.8, 4) is 11.4 Å². The summed E-state index contributed by atoms with van der Waals surface area (Å²) in [6.07, 6.45) is 1.45. The van der Waals surface area contributed by atoms with Gasteiger partial charge >= 0.3 is 5.97 Å². The Morgan fingerprint density at radius 3 is 2.77 bits per heavy atom. The van der Waals surface area contributed by atoms with Crippen molar-refractivity contribution in [2.75, 3.05) is 19.0 Å². The number of hydrogen-bond donors (Lipinski definition) is 1. The van der Waals surface area contributed by atoms with Gasteiger partial charge in [-0.15, -0.1) is 5.10 Å². The summed E-state index contributed by atoms with van der Waals surface area (Å²) in [5, 5.41) is 7.36. The molecular formula is C15H15N5O2. The van der Waals surface area contributed by atoms with Crippen LogP contribution in [0.2, 0.25) is 0 Å². The summed E-state index contributed by atoms with van der Waals surface area (Å²) in [4.78, 5) is 20.7. The third-order valence-corrected chi connectivity index (χ3v) is 3.12. The molecule has 0 spiro atoms. The van der Waals surface area contributed by atoms with Crippen LogP contribution in [0.3, 0.4) is 0 Å². The molecule has 0 aliphatic heterocycles. The topological polar surface area (TPSA) is 81.4 Å². The maximum atomic E-state index is 12.0. The average molecular weight is 297 g/mol. The van der Waals surface area contributed by atoms with E-state index in [4.69, 9.17) is 4.74 Å². The number of fused-ring (bicyclic) bond motifs is 1. The number of anilines is 1. The van der Waals surface area contributed by atoms with Crippen molar-refractivity contribution in [3.05, 3.63) is 42.1 Å². The molecule has 112 valence electrons. The van der Waals surface area contributed by atoms with E-state index in [9.17, 15) is 4.79 Å². The van der Waals surface area contributed by atoms with Crippen molar-refractivity contribution < 1.29 is 9.53 Å². The molecule has 0 bridgehead atoms. The molecule has 0 fully saturated rings. The second-order valence-corrected chi connectivity index (χ2v) is 4.50. The first-order chi connectivity index (χ1) is 10.7. The molecule has 2 aromatic heterocycles. The van der Waals surface area contributed by atoms with Crippen LogP contribution >= 0.6 is 0 Å². The molecule has 22 heavy (non-hydrogen) atoms. The maximum absolute atomic E-state index is 12.0. The van der Waals surface area contributed by atoms with Crippen LogP contribution in [-0.2, 0) is 4.74 Å². The Hall–Kier alpha value is -2.96. The number of ether oxygens (including phenoxy) is 1. The van der Waals surface area contributed by atoms with Crippen molar-refractivity contribution in [1.82, 2.24) is 19.6 Å². The number of carbonyl (C=O) groups is 1. The highest BCUT2D eigenvalue weighted by Crippen LogP contribution is 2.20. The molecule has 0 amide bonds. The Bertz CT molecular complexity index is 813. The molecule has 0 atom stereocenters. The van der Waals surface area contributed by atoms with Gasteiger partial charge in [0.05, 0.1) is 6.61 Å². The van der Waals surface area contributed by atoms with E-state index in [2.05, 4.69) is 20.4 Å². The van der Waals surface area contributed by atoms with Gasteiger partial charge in [-0.25, -0.2) is 14.8 Å². The third kappa shape index (κ3) is 2.37. The lowest BCUT2D eigenvalue weighted by atomic mass is 10.2. The molecule has 7 nitrogen and oxygen atoms in total. The van der Waals surface area contributed by atoms with Crippen molar-refractivity contribution in [2.45, 2.75) is 6.92 Å². The highest BCUT2D eigenvalue weighted by atomic mass is 16.5. The number of hydrogen-bond acceptors (Lipinski definition) is 6. The minimum Gasteiger partial charge on any atom is -0.462 e. The first-order valence-electron chi connectivity index (χ1n) is 6.90. The predicted molar refractivity (Wildman–Crippen MR) is 81.7 cm³/mol. The zero-order chi connectivity index (χ0) is 15.5. The number of aromatic nitrogens is 4. The van der Waals surface area contributed by atoms with Crippen LogP contribution < -0.4 is 5.32 Å². The lowest BCUT2D eigenvalue weighted by Crippen LogP contribution is -2.10. The minimum atomic E-state index is -0.463. The zero-order valence-corrected chi connectivity index (χ0v) is 12.3. The second-order valence-electron chi connectivity index (χ2n) is 4.50. The van der Waals surface area contributed by atoms with Gasteiger partial charge in [0.2, 0.25) is 5.95 Å². The highest BCUT2D eigenvalue weighted by Gasteiger charge is 2.19. The Balaban J connectivity index is 2.19. The molecule has 0 unspecified atom stereocenters. The van der Waals surface area contributed by atoms with Crippen molar-refractivity contribution in [2.24, 2.45) is 0 Å². The molecule has 1 aromatic carbocycles. The van der Waals surface area contributed by atoms with Crippen molar-refractivity contribution >= 4 is 17.6 Å². The fourth-order valence-corrected chi connectivity index (χ4v) is 2.11. The Morgan fingerprint density at radius 2 is 2.09 bits per heavy atom. The standard InChI is InChI=1S/C15H15N5O2/c1-3-22-14(21)11-9-17-15(16-2)20-13(11)18-12(19-20)10-7-5-4-6-8-10/h4-9H,3H2,1-2H3,(H,16,17). The van der Waals surface area contributed by atoms with E-state index in [-0.39, 0.29) is 5.56 Å². The molecule has 3 aromatic rings. The fourth-order valence-electron chi connectivity index (χ4n) is 2.11. The van der Waals surface area contributed by atoms with Gasteiger partial charge in [0.15, 0.2) is 11.5 Å². The maximum Gasteiger partial charge on any atom is 0.343 e. The number of esters is 1. The van der Waals surface area contributed by atoms with Crippen LogP contribution in [0.5, 0.6) is 0 Å². The van der Waals surface area contributed by atoms with Crippen LogP contribution in [0.4, 0.5) is 5.95 Å². The van der Waals surface area contributed by atoms with Crippen LogP contribution in [0.25, 0.3) is 17.0 Å². The van der Waals surface area contributed by atoms with E-state index in [0.717, 1.165) is 5.56 Å². The number of nitrogens with zero attached hydrogens (tertiary/aromatic N) is 4. The van der Waals surface area contributed by atoms with E-state index >= 15 is 0 Å². The molecule has 1 N–H and O–H groups in total. The summed E-state index contributed by atoms with van der Waals surface area (Å²) in [6.45, 7) is 2.04. The van der Waals surface area contributed by atoms with Gasteiger partial charge in [-0.2, -0.15) is 4.52 Å². The molecule has 2 heterocycles. The average Bonchev–Trinajstić information content (AvgIpc) is 3.00. The highest BCUT2D eigenvalue weighted by molar-refractivity contribution is 5.96. The van der Waals surface area contributed by atoms with Crippen LogP contribution in [0.1, 0.15) is 17.3 Å². The Labute approximate surface area is 127 Å². The van der Waals surface area contributed by atoms with E-state index < -0.39 is 5.97 Å². The fraction of sp³-hybridized carbons (Fsp3) is 0.200. The smallest absolute Gasteiger partial charge is 0.343 e. The van der Waals surface area contributed by atoms with Gasteiger partial charge < -0.3 is 10.1 Å². The summed E-state index contributed by atoms with van der Waals surface area (Å²) in [5.74, 6) is 0.558. The molecule has 0 aliphatic carbocycles. The number of carbonyl (C=O) groups excluding carboxylic acids is 1. The summed E-state index contributed by atoms with van der Waals surface area (Å²) < 4.78 is 6.55. The monoisotopic (exact) mass is 297 g/mol. The van der Waals surface area contributed by atoms with Gasteiger partial charge in [0.25, 0.3) is 0 Å². The number of nitrogens with one attached hydrogen (secondary N) is 1. The van der Waals surface area contributed by atoms with E-state index in [1.54, 1.807) is 14.0 Å². The molecule has 0 saturated carbocycles. The van der Waals surface area contributed by atoms with Gasteiger partial charge in [0, 0.05) is 18.8 Å². The van der Waals surface area contributed by atoms with Crippen molar-refractivity contribution in [1.29, 1.82) is 0 Å². The molecule has 0 aliphatic rings. The molecule has 7 heteroatoms. The summed E-state index contributed by atoms with van der Waals surface area (Å²) in [6, 6.07) is 9.55. The SMILES string of the molecule is CCOC(=O)c1cnc(NC)n2nc(-c3ccccc3)nc12. The van der Waals surface area contributed by atoms with E-state index in [1.165, 1.54) is 10.7 Å². The first-order valence-corrected chi connectivity index (χ1v) is 6.90. The third-order valence-electron chi connectivity index (χ3n) is 3.12. The molecule has 0 saturated heterocycles. The van der Waals surface area contributed by atoms with Crippen LogP contribution in [0.15, 0.2) is 36.5 Å². The second kappa shape index (κ2) is 5.80. The largest absolute Gasteiger partial charge is 0.462 e. The summed E-state index contributed by atoms with van der Waals surface area (Å²) in [5.41, 5.74) is 1.57.